The second-order valence-corrected chi connectivity index (χ2v) is 8.10. The van der Waals surface area contributed by atoms with Crippen molar-refractivity contribution >= 4 is 10.0 Å². The first-order valence-corrected chi connectivity index (χ1v) is 8.71. The predicted octanol–water partition coefficient (Wildman–Crippen LogP) is 2.02. The van der Waals surface area contributed by atoms with Crippen LogP contribution in [0.15, 0.2) is 23.1 Å². The minimum atomic E-state index is -3.68. The zero-order valence-electron chi connectivity index (χ0n) is 11.3. The van der Waals surface area contributed by atoms with Crippen molar-refractivity contribution in [2.75, 3.05) is 0 Å². The molecule has 0 amide bonds. The van der Waals surface area contributed by atoms with Crippen LogP contribution in [0.4, 0.5) is 4.39 Å². The van der Waals surface area contributed by atoms with Gasteiger partial charge in [-0.05, 0) is 61.1 Å². The Morgan fingerprint density at radius 1 is 1.24 bits per heavy atom. The highest BCUT2D eigenvalue weighted by atomic mass is 32.2. The van der Waals surface area contributed by atoms with E-state index < -0.39 is 15.8 Å². The maximum Gasteiger partial charge on any atom is 0.240 e. The Labute approximate surface area is 123 Å². The highest BCUT2D eigenvalue weighted by molar-refractivity contribution is 7.89. The molecule has 21 heavy (non-hydrogen) atoms. The maximum absolute atomic E-state index is 13.3. The molecule has 3 aliphatic rings. The van der Waals surface area contributed by atoms with Gasteiger partial charge in [0.05, 0.1) is 10.5 Å². The van der Waals surface area contributed by atoms with Crippen LogP contribution in [0.25, 0.3) is 0 Å². The van der Waals surface area contributed by atoms with Gasteiger partial charge >= 0.3 is 0 Å². The van der Waals surface area contributed by atoms with Gasteiger partial charge in [-0.2, -0.15) is 5.26 Å². The van der Waals surface area contributed by atoms with Crippen LogP contribution >= 0.6 is 0 Å². The molecule has 4 atom stereocenters. The zero-order chi connectivity index (χ0) is 14.8. The van der Waals surface area contributed by atoms with Gasteiger partial charge in [0, 0.05) is 6.04 Å². The summed E-state index contributed by atoms with van der Waals surface area (Å²) in [6.45, 7) is 0. The van der Waals surface area contributed by atoms with Crippen molar-refractivity contribution in [2.45, 2.75) is 30.2 Å². The molecule has 1 N–H and O–H groups in total. The summed E-state index contributed by atoms with van der Waals surface area (Å²) in [5.74, 6) is 1.65. The van der Waals surface area contributed by atoms with Crippen LogP contribution < -0.4 is 4.72 Å². The predicted molar refractivity (Wildman–Crippen MR) is 73.0 cm³/mol. The fraction of sp³-hybridized carbons (Fsp3) is 0.533. The number of sulfonamides is 1. The molecule has 0 heterocycles. The fourth-order valence-electron chi connectivity index (χ4n) is 4.49. The number of nitriles is 1. The van der Waals surface area contributed by atoms with E-state index in [1.165, 1.54) is 25.3 Å². The molecule has 110 valence electrons. The van der Waals surface area contributed by atoms with Crippen LogP contribution in [0, 0.1) is 40.8 Å². The van der Waals surface area contributed by atoms with Crippen molar-refractivity contribution in [2.24, 2.45) is 23.7 Å². The fourth-order valence-corrected chi connectivity index (χ4v) is 5.82. The largest absolute Gasteiger partial charge is 0.240 e. The Bertz CT molecular complexity index is 739. The lowest BCUT2D eigenvalue weighted by Gasteiger charge is -2.11. The Hall–Kier alpha value is -1.45. The number of benzene rings is 1. The van der Waals surface area contributed by atoms with Gasteiger partial charge in [-0.3, -0.25) is 0 Å². The van der Waals surface area contributed by atoms with Gasteiger partial charge in [-0.15, -0.1) is 0 Å². The van der Waals surface area contributed by atoms with Gasteiger partial charge in [-0.1, -0.05) is 0 Å². The molecule has 6 heteroatoms. The lowest BCUT2D eigenvalue weighted by Crippen LogP contribution is -2.30. The van der Waals surface area contributed by atoms with E-state index in [4.69, 9.17) is 5.26 Å². The molecule has 4 nitrogen and oxygen atoms in total. The van der Waals surface area contributed by atoms with E-state index >= 15 is 0 Å². The van der Waals surface area contributed by atoms with E-state index in [0.29, 0.717) is 23.7 Å². The van der Waals surface area contributed by atoms with E-state index in [1.807, 2.05) is 0 Å². The molecular weight excluding hydrogens is 291 g/mol. The first kappa shape index (κ1) is 13.2. The normalized spacial score (nSPS) is 36.3. The summed E-state index contributed by atoms with van der Waals surface area (Å²) in [5, 5.41) is 8.81. The number of hydrogen-bond donors (Lipinski definition) is 1. The maximum atomic E-state index is 13.3. The second kappa shape index (κ2) is 4.28. The van der Waals surface area contributed by atoms with Crippen LogP contribution in [0.5, 0.6) is 0 Å². The quantitative estimate of drug-likeness (QED) is 0.929. The number of hydrogen-bond acceptors (Lipinski definition) is 3. The highest BCUT2D eigenvalue weighted by Gasteiger charge is 2.65. The minimum Gasteiger partial charge on any atom is -0.207 e. The summed E-state index contributed by atoms with van der Waals surface area (Å²) in [6.07, 6.45) is 3.70. The van der Waals surface area contributed by atoms with Crippen LogP contribution in [0.2, 0.25) is 0 Å². The molecule has 3 aliphatic carbocycles. The molecule has 0 saturated heterocycles. The molecule has 4 rings (SSSR count). The summed E-state index contributed by atoms with van der Waals surface area (Å²) in [4.78, 5) is -0.0298. The number of fused-ring (bicyclic) bond motifs is 5. The van der Waals surface area contributed by atoms with E-state index in [-0.39, 0.29) is 16.5 Å². The topological polar surface area (TPSA) is 70.0 Å². The van der Waals surface area contributed by atoms with Gasteiger partial charge in [0.2, 0.25) is 10.0 Å². The molecule has 3 fully saturated rings. The zero-order valence-corrected chi connectivity index (χ0v) is 12.1. The van der Waals surface area contributed by atoms with Gasteiger partial charge in [0.1, 0.15) is 11.9 Å². The highest BCUT2D eigenvalue weighted by Crippen LogP contribution is 2.65. The van der Waals surface area contributed by atoms with Crippen LogP contribution in [-0.2, 0) is 10.0 Å². The summed E-state index contributed by atoms with van der Waals surface area (Å²) < 4.78 is 40.8. The minimum absolute atomic E-state index is 0.0298. The first-order chi connectivity index (χ1) is 10.0. The number of nitrogens with one attached hydrogen (secondary N) is 1. The summed E-state index contributed by atoms with van der Waals surface area (Å²) in [7, 11) is -3.68. The van der Waals surface area contributed by atoms with Crippen molar-refractivity contribution < 1.29 is 12.8 Å². The molecule has 3 saturated carbocycles. The molecule has 0 spiro atoms. The molecule has 2 bridgehead atoms. The summed E-state index contributed by atoms with van der Waals surface area (Å²) in [6, 6.07) is 5.06. The number of halogens is 1. The van der Waals surface area contributed by atoms with Crippen LogP contribution in [0.3, 0.4) is 0 Å². The first-order valence-electron chi connectivity index (χ1n) is 7.23. The average Bonchev–Trinajstić information content (AvgIpc) is 2.85. The summed E-state index contributed by atoms with van der Waals surface area (Å²) >= 11 is 0. The van der Waals surface area contributed by atoms with Gasteiger partial charge in [-0.25, -0.2) is 17.5 Å². The van der Waals surface area contributed by atoms with Crippen molar-refractivity contribution in [3.05, 3.63) is 29.6 Å². The Morgan fingerprint density at radius 3 is 2.52 bits per heavy atom. The molecule has 1 aromatic carbocycles. The van der Waals surface area contributed by atoms with Crippen molar-refractivity contribution in [1.82, 2.24) is 4.72 Å². The second-order valence-electron chi connectivity index (χ2n) is 6.39. The summed E-state index contributed by atoms with van der Waals surface area (Å²) in [5.41, 5.74) is -0.242. The standard InChI is InChI=1S/C15H15FN2O2S/c16-12-4-3-11(6-10(12)7-17)21(19,20)18-15-13-8-1-2-9(5-8)14(13)15/h3-4,6,8-9,13-15,18H,1-2,5H2. The van der Waals surface area contributed by atoms with Crippen LogP contribution in [0.1, 0.15) is 24.8 Å². The van der Waals surface area contributed by atoms with Crippen molar-refractivity contribution in [3.8, 4) is 6.07 Å². The van der Waals surface area contributed by atoms with Gasteiger partial charge < -0.3 is 0 Å². The van der Waals surface area contributed by atoms with Crippen molar-refractivity contribution in [3.63, 3.8) is 0 Å². The SMILES string of the molecule is N#Cc1cc(S(=O)(=O)NC2C3C4CCC(C4)C23)ccc1F. The Kier molecular flexibility index (Phi) is 2.69. The lowest BCUT2D eigenvalue weighted by atomic mass is 10.0. The van der Waals surface area contributed by atoms with Crippen LogP contribution in [-0.4, -0.2) is 14.5 Å². The third-order valence-corrected chi connectivity index (χ3v) is 6.85. The average molecular weight is 306 g/mol. The van der Waals surface area contributed by atoms with E-state index in [2.05, 4.69) is 4.72 Å². The third-order valence-electron chi connectivity index (χ3n) is 5.40. The molecule has 4 unspecified atom stereocenters. The van der Waals surface area contributed by atoms with Crippen molar-refractivity contribution in [1.29, 1.82) is 5.26 Å². The molecule has 1 aromatic rings. The Balaban J connectivity index is 1.57. The van der Waals surface area contributed by atoms with E-state index in [9.17, 15) is 12.8 Å². The van der Waals surface area contributed by atoms with E-state index in [0.717, 1.165) is 12.1 Å². The molecule has 0 aromatic heterocycles. The molecule has 0 radical (unpaired) electrons. The lowest BCUT2D eigenvalue weighted by molar-refractivity contribution is 0.456. The van der Waals surface area contributed by atoms with Gasteiger partial charge in [0.25, 0.3) is 0 Å². The monoisotopic (exact) mass is 306 g/mol. The molecular formula is C15H15FN2O2S. The number of nitrogens with zero attached hydrogens (tertiary/aromatic N) is 1. The van der Waals surface area contributed by atoms with E-state index in [1.54, 1.807) is 6.07 Å². The number of rotatable bonds is 3. The molecule has 0 aliphatic heterocycles. The van der Waals surface area contributed by atoms with Gasteiger partial charge in [0.15, 0.2) is 0 Å². The Morgan fingerprint density at radius 2 is 1.90 bits per heavy atom. The smallest absolute Gasteiger partial charge is 0.207 e. The third kappa shape index (κ3) is 1.91.